The van der Waals surface area contributed by atoms with E-state index in [4.69, 9.17) is 0 Å². The maximum Gasteiger partial charge on any atom is 0.222 e. The molecule has 0 aromatic carbocycles. The Labute approximate surface area is 70.4 Å². The van der Waals surface area contributed by atoms with Crippen LogP contribution in [0.2, 0.25) is 0 Å². The van der Waals surface area contributed by atoms with Crippen LogP contribution in [0.4, 0.5) is 5.82 Å². The number of rotatable bonds is 2. The van der Waals surface area contributed by atoms with E-state index in [1.807, 2.05) is 0 Å². The van der Waals surface area contributed by atoms with Gasteiger partial charge in [0.25, 0.3) is 0 Å². The molecule has 0 fully saturated rings. The molecule has 1 amide bonds. The second-order valence-corrected chi connectivity index (χ2v) is 2.21. The summed E-state index contributed by atoms with van der Waals surface area (Å²) in [6, 6.07) is 0. The Morgan fingerprint density at radius 1 is 1.58 bits per heavy atom. The van der Waals surface area contributed by atoms with Crippen molar-refractivity contribution in [1.82, 2.24) is 9.97 Å². The summed E-state index contributed by atoms with van der Waals surface area (Å²) in [4.78, 5) is 18.4. The molecule has 0 spiro atoms. The van der Waals surface area contributed by atoms with Crippen molar-refractivity contribution in [3.8, 4) is 0 Å². The Morgan fingerprint density at radius 3 is 2.75 bits per heavy atom. The molecule has 1 N–H and O–H groups in total. The lowest BCUT2D eigenvalue weighted by Crippen LogP contribution is -2.07. The van der Waals surface area contributed by atoms with Crippen molar-refractivity contribution in [3.05, 3.63) is 24.7 Å². The molecule has 62 valence electrons. The lowest BCUT2D eigenvalue weighted by molar-refractivity contribution is -0.114. The van der Waals surface area contributed by atoms with Crippen LogP contribution in [-0.4, -0.2) is 15.9 Å². The summed E-state index contributed by atoms with van der Waals surface area (Å²) in [7, 11) is 0. The van der Waals surface area contributed by atoms with E-state index in [1.165, 1.54) is 19.3 Å². The van der Waals surface area contributed by atoms with Gasteiger partial charge < -0.3 is 5.32 Å². The molecule has 0 aliphatic rings. The van der Waals surface area contributed by atoms with Crippen LogP contribution in [0.5, 0.6) is 0 Å². The summed E-state index contributed by atoms with van der Waals surface area (Å²) in [5.74, 6) is 0.295. The number of anilines is 1. The standard InChI is InChI=1S/C8H9N3O/c1-3-7-4-10-8(5-9-7)11-6(2)12/h3-5H,1H2,2H3,(H,10,11,12). The molecule has 1 aromatic rings. The first-order chi connectivity index (χ1) is 5.72. The zero-order chi connectivity index (χ0) is 8.97. The molecule has 0 radical (unpaired) electrons. The summed E-state index contributed by atoms with van der Waals surface area (Å²) in [5, 5.41) is 2.51. The lowest BCUT2D eigenvalue weighted by atomic mass is 10.4. The molecule has 1 rings (SSSR count). The Hall–Kier alpha value is -1.71. The van der Waals surface area contributed by atoms with Gasteiger partial charge in [-0.3, -0.25) is 9.78 Å². The van der Waals surface area contributed by atoms with E-state index in [0.717, 1.165) is 0 Å². The highest BCUT2D eigenvalue weighted by atomic mass is 16.1. The van der Waals surface area contributed by atoms with Crippen LogP contribution >= 0.6 is 0 Å². The van der Waals surface area contributed by atoms with Crippen LogP contribution in [0.25, 0.3) is 6.08 Å². The van der Waals surface area contributed by atoms with Crippen LogP contribution in [0, 0.1) is 0 Å². The van der Waals surface area contributed by atoms with Crippen molar-refractivity contribution in [2.45, 2.75) is 6.92 Å². The third-order valence-corrected chi connectivity index (χ3v) is 1.19. The van der Waals surface area contributed by atoms with Crippen LogP contribution < -0.4 is 5.32 Å². The van der Waals surface area contributed by atoms with Crippen LogP contribution in [0.1, 0.15) is 12.6 Å². The van der Waals surface area contributed by atoms with E-state index in [1.54, 1.807) is 6.08 Å². The number of hydrogen-bond acceptors (Lipinski definition) is 3. The summed E-state index contributed by atoms with van der Waals surface area (Å²) in [6.07, 6.45) is 4.61. The van der Waals surface area contributed by atoms with E-state index in [-0.39, 0.29) is 5.91 Å². The van der Waals surface area contributed by atoms with Crippen molar-refractivity contribution in [1.29, 1.82) is 0 Å². The minimum Gasteiger partial charge on any atom is -0.310 e. The number of nitrogens with zero attached hydrogens (tertiary/aromatic N) is 2. The van der Waals surface area contributed by atoms with Gasteiger partial charge in [-0.25, -0.2) is 4.98 Å². The molecule has 0 bridgehead atoms. The average Bonchev–Trinajstić information content (AvgIpc) is 2.05. The van der Waals surface area contributed by atoms with Gasteiger partial charge in [0.15, 0.2) is 5.82 Å². The quantitative estimate of drug-likeness (QED) is 0.709. The Balaban J connectivity index is 2.77. The molecular formula is C8H9N3O. The number of nitrogens with one attached hydrogen (secondary N) is 1. The number of carbonyl (C=O) groups is 1. The fourth-order valence-electron chi connectivity index (χ4n) is 0.688. The van der Waals surface area contributed by atoms with Crippen LogP contribution in [0.3, 0.4) is 0 Å². The highest BCUT2D eigenvalue weighted by Gasteiger charge is 1.95. The predicted molar refractivity (Wildman–Crippen MR) is 46.4 cm³/mol. The molecule has 4 heteroatoms. The Morgan fingerprint density at radius 2 is 2.33 bits per heavy atom. The molecule has 0 atom stereocenters. The highest BCUT2D eigenvalue weighted by Crippen LogP contribution is 2.00. The Kier molecular flexibility index (Phi) is 2.53. The van der Waals surface area contributed by atoms with Crippen LogP contribution in [-0.2, 0) is 4.79 Å². The van der Waals surface area contributed by atoms with Gasteiger partial charge in [-0.1, -0.05) is 6.58 Å². The third kappa shape index (κ3) is 2.16. The van der Waals surface area contributed by atoms with Gasteiger partial charge >= 0.3 is 0 Å². The SMILES string of the molecule is C=Cc1cnc(NC(C)=O)cn1. The van der Waals surface area contributed by atoms with Gasteiger partial charge in [0.2, 0.25) is 5.91 Å². The second-order valence-electron chi connectivity index (χ2n) is 2.21. The number of carbonyl (C=O) groups excluding carboxylic acids is 1. The molecule has 0 aliphatic heterocycles. The number of hydrogen-bond donors (Lipinski definition) is 1. The fourth-order valence-corrected chi connectivity index (χ4v) is 0.688. The number of amides is 1. The third-order valence-electron chi connectivity index (χ3n) is 1.19. The first-order valence-electron chi connectivity index (χ1n) is 3.44. The normalized spacial score (nSPS) is 9.08. The maximum absolute atomic E-state index is 10.6. The van der Waals surface area contributed by atoms with E-state index in [2.05, 4.69) is 21.9 Å². The average molecular weight is 163 g/mol. The minimum absolute atomic E-state index is 0.157. The van der Waals surface area contributed by atoms with E-state index in [9.17, 15) is 4.79 Å². The summed E-state index contributed by atoms with van der Waals surface area (Å²) < 4.78 is 0. The second kappa shape index (κ2) is 3.61. The minimum atomic E-state index is -0.157. The zero-order valence-electron chi connectivity index (χ0n) is 6.74. The first kappa shape index (κ1) is 8.39. The van der Waals surface area contributed by atoms with Crippen molar-refractivity contribution in [3.63, 3.8) is 0 Å². The number of aromatic nitrogens is 2. The monoisotopic (exact) mass is 163 g/mol. The van der Waals surface area contributed by atoms with E-state index >= 15 is 0 Å². The Bertz CT molecular complexity index is 292. The molecule has 0 saturated carbocycles. The van der Waals surface area contributed by atoms with Crippen molar-refractivity contribution >= 4 is 17.8 Å². The lowest BCUT2D eigenvalue weighted by Gasteiger charge is -1.98. The molecule has 4 nitrogen and oxygen atoms in total. The molecule has 1 aromatic heterocycles. The van der Waals surface area contributed by atoms with Crippen LogP contribution in [0.15, 0.2) is 19.0 Å². The molecular weight excluding hydrogens is 154 g/mol. The van der Waals surface area contributed by atoms with E-state index in [0.29, 0.717) is 11.5 Å². The van der Waals surface area contributed by atoms with Crippen molar-refractivity contribution < 1.29 is 4.79 Å². The molecule has 0 aliphatic carbocycles. The summed E-state index contributed by atoms with van der Waals surface area (Å²) in [5.41, 5.74) is 0.684. The molecule has 0 unspecified atom stereocenters. The largest absolute Gasteiger partial charge is 0.310 e. The van der Waals surface area contributed by atoms with Gasteiger partial charge in [-0.15, -0.1) is 0 Å². The summed E-state index contributed by atoms with van der Waals surface area (Å²) >= 11 is 0. The zero-order valence-corrected chi connectivity index (χ0v) is 6.74. The van der Waals surface area contributed by atoms with Gasteiger partial charge in [0, 0.05) is 6.92 Å². The highest BCUT2D eigenvalue weighted by molar-refractivity contribution is 5.87. The molecule has 0 saturated heterocycles. The first-order valence-corrected chi connectivity index (χ1v) is 3.44. The van der Waals surface area contributed by atoms with Gasteiger partial charge in [-0.05, 0) is 6.08 Å². The maximum atomic E-state index is 10.6. The van der Waals surface area contributed by atoms with Crippen molar-refractivity contribution in [2.24, 2.45) is 0 Å². The predicted octanol–water partition coefficient (Wildman–Crippen LogP) is 1.08. The molecule has 1 heterocycles. The molecule has 12 heavy (non-hydrogen) atoms. The smallest absolute Gasteiger partial charge is 0.222 e. The van der Waals surface area contributed by atoms with Gasteiger partial charge in [0.05, 0.1) is 18.1 Å². The van der Waals surface area contributed by atoms with E-state index < -0.39 is 0 Å². The van der Waals surface area contributed by atoms with Gasteiger partial charge in [0.1, 0.15) is 0 Å². The topological polar surface area (TPSA) is 54.9 Å². The van der Waals surface area contributed by atoms with Crippen molar-refractivity contribution in [2.75, 3.05) is 5.32 Å². The summed E-state index contributed by atoms with van der Waals surface area (Å²) in [6.45, 7) is 4.95. The van der Waals surface area contributed by atoms with Gasteiger partial charge in [-0.2, -0.15) is 0 Å². The fraction of sp³-hybridized carbons (Fsp3) is 0.125.